The molecule has 2 unspecified atom stereocenters. The van der Waals surface area contributed by atoms with Gasteiger partial charge in [-0.1, -0.05) is 0 Å². The van der Waals surface area contributed by atoms with Crippen molar-refractivity contribution in [2.24, 2.45) is 5.84 Å². The lowest BCUT2D eigenvalue weighted by atomic mass is 9.89. The minimum atomic E-state index is -0.251. The molecule has 2 rings (SSSR count). The molecule has 0 amide bonds. The smallest absolute Gasteiger partial charge is 0.115 e. The molecule has 0 bridgehead atoms. The summed E-state index contributed by atoms with van der Waals surface area (Å²) < 4.78 is 5.75. The van der Waals surface area contributed by atoms with E-state index >= 15 is 0 Å². The highest BCUT2D eigenvalue weighted by Crippen LogP contribution is 2.36. The molecule has 82 valence electrons. The van der Waals surface area contributed by atoms with Crippen molar-refractivity contribution >= 4 is 0 Å². The molecule has 2 atom stereocenters. The van der Waals surface area contributed by atoms with E-state index in [1.807, 2.05) is 0 Å². The standard InChI is InChI=1S/C10H16N4O/c1-10(3-2-4-15-10)9(14-11)8-5-12-7-13-6-8/h5-7,9,14H,2-4,11H2,1H3. The molecule has 1 saturated heterocycles. The normalized spacial score (nSPS) is 27.9. The van der Waals surface area contributed by atoms with Crippen LogP contribution < -0.4 is 11.3 Å². The maximum absolute atomic E-state index is 5.75. The third kappa shape index (κ3) is 1.99. The summed E-state index contributed by atoms with van der Waals surface area (Å²) in [7, 11) is 0. The average molecular weight is 208 g/mol. The van der Waals surface area contributed by atoms with Crippen LogP contribution in [0.25, 0.3) is 0 Å². The zero-order valence-electron chi connectivity index (χ0n) is 8.81. The molecule has 2 heterocycles. The molecule has 0 aliphatic carbocycles. The maximum atomic E-state index is 5.75. The van der Waals surface area contributed by atoms with E-state index in [2.05, 4.69) is 22.3 Å². The van der Waals surface area contributed by atoms with E-state index in [0.717, 1.165) is 25.0 Å². The Labute approximate surface area is 89.0 Å². The first-order valence-electron chi connectivity index (χ1n) is 5.11. The van der Waals surface area contributed by atoms with Crippen molar-refractivity contribution in [3.8, 4) is 0 Å². The highest BCUT2D eigenvalue weighted by atomic mass is 16.5. The first-order valence-corrected chi connectivity index (χ1v) is 5.11. The molecule has 1 aromatic heterocycles. The van der Waals surface area contributed by atoms with Gasteiger partial charge in [0, 0.05) is 24.6 Å². The van der Waals surface area contributed by atoms with Gasteiger partial charge in [-0.3, -0.25) is 5.84 Å². The third-order valence-corrected chi connectivity index (χ3v) is 2.94. The Hall–Kier alpha value is -1.04. The average Bonchev–Trinajstić information content (AvgIpc) is 2.68. The quantitative estimate of drug-likeness (QED) is 0.560. The number of hydrogen-bond donors (Lipinski definition) is 2. The van der Waals surface area contributed by atoms with Gasteiger partial charge in [0.1, 0.15) is 6.33 Å². The van der Waals surface area contributed by atoms with Gasteiger partial charge in [0.25, 0.3) is 0 Å². The summed E-state index contributed by atoms with van der Waals surface area (Å²) in [5.74, 6) is 5.58. The fourth-order valence-electron chi connectivity index (χ4n) is 2.11. The monoisotopic (exact) mass is 208 g/mol. The van der Waals surface area contributed by atoms with Crippen LogP contribution >= 0.6 is 0 Å². The molecule has 0 saturated carbocycles. The van der Waals surface area contributed by atoms with E-state index in [9.17, 15) is 0 Å². The summed E-state index contributed by atoms with van der Waals surface area (Å²) in [5, 5.41) is 0. The molecule has 15 heavy (non-hydrogen) atoms. The van der Waals surface area contributed by atoms with E-state index in [4.69, 9.17) is 10.6 Å². The number of aromatic nitrogens is 2. The zero-order valence-corrected chi connectivity index (χ0v) is 8.81. The molecule has 1 aliphatic heterocycles. The Kier molecular flexibility index (Phi) is 2.95. The van der Waals surface area contributed by atoms with Crippen LogP contribution in [-0.2, 0) is 4.74 Å². The first kappa shape index (κ1) is 10.5. The molecular formula is C10H16N4O. The molecule has 5 heteroatoms. The van der Waals surface area contributed by atoms with Crippen LogP contribution in [0.2, 0.25) is 0 Å². The second-order valence-electron chi connectivity index (χ2n) is 4.04. The summed E-state index contributed by atoms with van der Waals surface area (Å²) in [4.78, 5) is 7.99. The fraction of sp³-hybridized carbons (Fsp3) is 0.600. The van der Waals surface area contributed by atoms with Crippen molar-refractivity contribution in [3.63, 3.8) is 0 Å². The van der Waals surface area contributed by atoms with Crippen molar-refractivity contribution in [3.05, 3.63) is 24.3 Å². The Balaban J connectivity index is 2.24. The largest absolute Gasteiger partial charge is 0.373 e. The van der Waals surface area contributed by atoms with Gasteiger partial charge in [0.2, 0.25) is 0 Å². The summed E-state index contributed by atoms with van der Waals surface area (Å²) in [6, 6.07) is -0.0544. The molecule has 0 radical (unpaired) electrons. The van der Waals surface area contributed by atoms with Crippen molar-refractivity contribution in [1.29, 1.82) is 0 Å². The second kappa shape index (κ2) is 4.22. The predicted molar refractivity (Wildman–Crippen MR) is 55.7 cm³/mol. The minimum absolute atomic E-state index is 0.0544. The van der Waals surface area contributed by atoms with Gasteiger partial charge in [-0.05, 0) is 19.8 Å². The van der Waals surface area contributed by atoms with Gasteiger partial charge in [0.05, 0.1) is 11.6 Å². The Morgan fingerprint density at radius 2 is 2.27 bits per heavy atom. The van der Waals surface area contributed by atoms with Gasteiger partial charge < -0.3 is 4.74 Å². The lowest BCUT2D eigenvalue weighted by Gasteiger charge is -2.32. The molecular weight excluding hydrogens is 192 g/mol. The van der Waals surface area contributed by atoms with Crippen LogP contribution in [0, 0.1) is 0 Å². The third-order valence-electron chi connectivity index (χ3n) is 2.94. The van der Waals surface area contributed by atoms with Crippen molar-refractivity contribution in [1.82, 2.24) is 15.4 Å². The first-order chi connectivity index (χ1) is 7.26. The predicted octanol–water partition coefficient (Wildman–Crippen LogP) is 0.550. The van der Waals surface area contributed by atoms with Crippen LogP contribution in [0.5, 0.6) is 0 Å². The SMILES string of the molecule is CC1(C(NN)c2cncnc2)CCCO1. The van der Waals surface area contributed by atoms with Gasteiger partial charge in [0.15, 0.2) is 0 Å². The fourth-order valence-corrected chi connectivity index (χ4v) is 2.11. The van der Waals surface area contributed by atoms with E-state index in [-0.39, 0.29) is 11.6 Å². The number of nitrogens with one attached hydrogen (secondary N) is 1. The molecule has 3 N–H and O–H groups in total. The van der Waals surface area contributed by atoms with E-state index in [1.165, 1.54) is 6.33 Å². The second-order valence-corrected chi connectivity index (χ2v) is 4.04. The van der Waals surface area contributed by atoms with Gasteiger partial charge in [-0.25, -0.2) is 15.4 Å². The highest BCUT2D eigenvalue weighted by Gasteiger charge is 2.39. The number of rotatable bonds is 3. The van der Waals surface area contributed by atoms with Gasteiger partial charge in [-0.15, -0.1) is 0 Å². The van der Waals surface area contributed by atoms with Crippen molar-refractivity contribution in [2.45, 2.75) is 31.4 Å². The van der Waals surface area contributed by atoms with Crippen LogP contribution in [0.15, 0.2) is 18.7 Å². The molecule has 5 nitrogen and oxygen atoms in total. The molecule has 1 aromatic rings. The molecule has 1 fully saturated rings. The van der Waals surface area contributed by atoms with Crippen LogP contribution in [0.4, 0.5) is 0 Å². The topological polar surface area (TPSA) is 73.1 Å². The summed E-state index contributed by atoms with van der Waals surface area (Å²) >= 11 is 0. The summed E-state index contributed by atoms with van der Waals surface area (Å²) in [6.07, 6.45) is 7.11. The molecule has 1 aliphatic rings. The van der Waals surface area contributed by atoms with Gasteiger partial charge in [-0.2, -0.15) is 0 Å². The number of hydrazine groups is 1. The van der Waals surface area contributed by atoms with Crippen LogP contribution in [-0.4, -0.2) is 22.2 Å². The van der Waals surface area contributed by atoms with E-state index < -0.39 is 0 Å². The maximum Gasteiger partial charge on any atom is 0.115 e. The summed E-state index contributed by atoms with van der Waals surface area (Å²) in [6.45, 7) is 2.86. The summed E-state index contributed by atoms with van der Waals surface area (Å²) in [5.41, 5.74) is 3.51. The number of nitrogens with zero attached hydrogens (tertiary/aromatic N) is 2. The Morgan fingerprint density at radius 3 is 2.80 bits per heavy atom. The van der Waals surface area contributed by atoms with Crippen LogP contribution in [0.3, 0.4) is 0 Å². The lowest BCUT2D eigenvalue weighted by molar-refractivity contribution is -0.0127. The lowest BCUT2D eigenvalue weighted by Crippen LogP contribution is -2.44. The van der Waals surface area contributed by atoms with Crippen molar-refractivity contribution < 1.29 is 4.74 Å². The van der Waals surface area contributed by atoms with Crippen LogP contribution in [0.1, 0.15) is 31.4 Å². The highest BCUT2D eigenvalue weighted by molar-refractivity contribution is 5.15. The van der Waals surface area contributed by atoms with E-state index in [1.54, 1.807) is 12.4 Å². The number of hydrogen-bond acceptors (Lipinski definition) is 5. The minimum Gasteiger partial charge on any atom is -0.373 e. The Morgan fingerprint density at radius 1 is 1.53 bits per heavy atom. The molecule has 0 spiro atoms. The van der Waals surface area contributed by atoms with E-state index in [0.29, 0.717) is 0 Å². The van der Waals surface area contributed by atoms with Crippen molar-refractivity contribution in [2.75, 3.05) is 6.61 Å². The number of nitrogens with two attached hydrogens (primary N) is 1. The number of ether oxygens (including phenoxy) is 1. The zero-order chi connectivity index (χ0) is 10.7. The Bertz CT molecular complexity index is 310. The van der Waals surface area contributed by atoms with Gasteiger partial charge >= 0.3 is 0 Å². The molecule has 0 aromatic carbocycles.